The van der Waals surface area contributed by atoms with E-state index in [1.165, 1.54) is 24.0 Å². The molecule has 0 spiro atoms. The van der Waals surface area contributed by atoms with Gasteiger partial charge in [-0.05, 0) is 38.3 Å². The molecule has 2 aromatic heterocycles. The highest BCUT2D eigenvalue weighted by molar-refractivity contribution is 5.40. The molecule has 1 aliphatic rings. The van der Waals surface area contributed by atoms with Gasteiger partial charge in [0.1, 0.15) is 5.82 Å². The minimum absolute atomic E-state index is 0.115. The van der Waals surface area contributed by atoms with Crippen molar-refractivity contribution in [1.82, 2.24) is 20.1 Å². The third-order valence-corrected chi connectivity index (χ3v) is 4.71. The highest BCUT2D eigenvalue weighted by Crippen LogP contribution is 2.18. The summed E-state index contributed by atoms with van der Waals surface area (Å²) >= 11 is 0. The van der Waals surface area contributed by atoms with Crippen LogP contribution in [0.15, 0.2) is 18.3 Å². The number of nitrogens with one attached hydrogen (secondary N) is 1. The summed E-state index contributed by atoms with van der Waals surface area (Å²) < 4.78 is 1.87. The zero-order valence-corrected chi connectivity index (χ0v) is 14.6. The lowest BCUT2D eigenvalue weighted by Crippen LogP contribution is -2.19. The predicted molar refractivity (Wildman–Crippen MR) is 95.0 cm³/mol. The summed E-state index contributed by atoms with van der Waals surface area (Å²) in [5.74, 6) is 1.09. The van der Waals surface area contributed by atoms with Crippen LogP contribution < -0.4 is 10.2 Å². The fourth-order valence-corrected chi connectivity index (χ4v) is 3.29. The standard InChI is InChI=1S/C18H27N5O/c1-14-17(15(2)23(21-14)9-10-24)13-19-11-16-5-6-18(20-12-16)22-7-3-4-8-22/h5-6,12,19,24H,3-4,7-11,13H2,1-2H3. The van der Waals surface area contributed by atoms with Gasteiger partial charge < -0.3 is 15.3 Å². The molecule has 0 atom stereocenters. The van der Waals surface area contributed by atoms with Gasteiger partial charge in [-0.25, -0.2) is 4.98 Å². The van der Waals surface area contributed by atoms with Gasteiger partial charge in [0.25, 0.3) is 0 Å². The van der Waals surface area contributed by atoms with Gasteiger partial charge in [-0.3, -0.25) is 4.68 Å². The Labute approximate surface area is 143 Å². The first-order chi connectivity index (χ1) is 11.7. The quantitative estimate of drug-likeness (QED) is 0.810. The number of aromatic nitrogens is 3. The first-order valence-electron chi connectivity index (χ1n) is 8.73. The van der Waals surface area contributed by atoms with Gasteiger partial charge in [0.15, 0.2) is 0 Å². The zero-order valence-electron chi connectivity index (χ0n) is 14.6. The normalized spacial score (nSPS) is 14.5. The molecule has 1 saturated heterocycles. The minimum Gasteiger partial charge on any atom is -0.394 e. The van der Waals surface area contributed by atoms with Crippen LogP contribution in [0, 0.1) is 13.8 Å². The van der Waals surface area contributed by atoms with E-state index in [4.69, 9.17) is 5.11 Å². The number of hydrogen-bond donors (Lipinski definition) is 2. The zero-order chi connectivity index (χ0) is 16.9. The van der Waals surface area contributed by atoms with Crippen molar-refractivity contribution in [2.24, 2.45) is 0 Å². The molecule has 24 heavy (non-hydrogen) atoms. The fourth-order valence-electron chi connectivity index (χ4n) is 3.29. The largest absolute Gasteiger partial charge is 0.394 e. The molecule has 2 N–H and O–H groups in total. The number of aryl methyl sites for hydroxylation is 1. The Bertz CT molecular complexity index is 659. The van der Waals surface area contributed by atoms with E-state index >= 15 is 0 Å². The van der Waals surface area contributed by atoms with Crippen LogP contribution >= 0.6 is 0 Å². The van der Waals surface area contributed by atoms with Crippen molar-refractivity contribution in [3.63, 3.8) is 0 Å². The summed E-state index contributed by atoms with van der Waals surface area (Å²) in [7, 11) is 0. The molecular weight excluding hydrogens is 302 g/mol. The molecule has 1 aliphatic heterocycles. The minimum atomic E-state index is 0.115. The van der Waals surface area contributed by atoms with Crippen molar-refractivity contribution in [2.75, 3.05) is 24.6 Å². The molecular formula is C18H27N5O. The molecule has 6 heteroatoms. The Morgan fingerprint density at radius 1 is 1.17 bits per heavy atom. The van der Waals surface area contributed by atoms with Crippen LogP contribution in [0.25, 0.3) is 0 Å². The Morgan fingerprint density at radius 2 is 1.96 bits per heavy atom. The van der Waals surface area contributed by atoms with E-state index in [-0.39, 0.29) is 6.61 Å². The molecule has 6 nitrogen and oxygen atoms in total. The predicted octanol–water partition coefficient (Wildman–Crippen LogP) is 1.78. The average Bonchev–Trinajstić information content (AvgIpc) is 3.20. The van der Waals surface area contributed by atoms with Gasteiger partial charge in [-0.1, -0.05) is 6.07 Å². The van der Waals surface area contributed by atoms with Gasteiger partial charge in [-0.15, -0.1) is 0 Å². The summed E-state index contributed by atoms with van der Waals surface area (Å²) in [4.78, 5) is 6.94. The maximum absolute atomic E-state index is 9.08. The second-order valence-corrected chi connectivity index (χ2v) is 6.42. The highest BCUT2D eigenvalue weighted by atomic mass is 16.3. The first-order valence-corrected chi connectivity index (χ1v) is 8.73. The van der Waals surface area contributed by atoms with E-state index in [1.807, 2.05) is 17.8 Å². The first kappa shape index (κ1) is 16.9. The van der Waals surface area contributed by atoms with Crippen molar-refractivity contribution in [1.29, 1.82) is 0 Å². The second-order valence-electron chi connectivity index (χ2n) is 6.42. The molecule has 0 aliphatic carbocycles. The molecule has 130 valence electrons. The van der Waals surface area contributed by atoms with Crippen LogP contribution in [0.1, 0.15) is 35.4 Å². The molecule has 0 amide bonds. The molecule has 1 fully saturated rings. The van der Waals surface area contributed by atoms with Crippen molar-refractivity contribution in [3.05, 3.63) is 40.8 Å². The number of aliphatic hydroxyl groups excluding tert-OH is 1. The lowest BCUT2D eigenvalue weighted by atomic mass is 10.2. The summed E-state index contributed by atoms with van der Waals surface area (Å²) in [6.07, 6.45) is 4.51. The second kappa shape index (κ2) is 7.77. The smallest absolute Gasteiger partial charge is 0.128 e. The van der Waals surface area contributed by atoms with Gasteiger partial charge >= 0.3 is 0 Å². The van der Waals surface area contributed by atoms with E-state index in [9.17, 15) is 0 Å². The molecule has 3 heterocycles. The summed E-state index contributed by atoms with van der Waals surface area (Å²) in [6.45, 7) is 8.55. The third-order valence-electron chi connectivity index (χ3n) is 4.71. The molecule has 0 bridgehead atoms. The summed E-state index contributed by atoms with van der Waals surface area (Å²) in [6, 6.07) is 4.28. The van der Waals surface area contributed by atoms with Gasteiger partial charge in [0, 0.05) is 43.6 Å². The Kier molecular flexibility index (Phi) is 5.48. The number of anilines is 1. The van der Waals surface area contributed by atoms with E-state index in [2.05, 4.69) is 39.4 Å². The van der Waals surface area contributed by atoms with Gasteiger partial charge in [0.2, 0.25) is 0 Å². The van der Waals surface area contributed by atoms with Crippen LogP contribution in [0.3, 0.4) is 0 Å². The lowest BCUT2D eigenvalue weighted by Gasteiger charge is -2.16. The molecule has 0 saturated carbocycles. The molecule has 0 aromatic carbocycles. The highest BCUT2D eigenvalue weighted by Gasteiger charge is 2.13. The maximum atomic E-state index is 9.08. The number of hydrogen-bond acceptors (Lipinski definition) is 5. The van der Waals surface area contributed by atoms with Crippen LogP contribution in [0.4, 0.5) is 5.82 Å². The van der Waals surface area contributed by atoms with Gasteiger partial charge in [-0.2, -0.15) is 5.10 Å². The SMILES string of the molecule is Cc1nn(CCO)c(C)c1CNCc1ccc(N2CCCC2)nc1. The van der Waals surface area contributed by atoms with E-state index < -0.39 is 0 Å². The van der Waals surface area contributed by atoms with E-state index in [0.29, 0.717) is 6.54 Å². The number of aliphatic hydroxyl groups is 1. The number of rotatable bonds is 7. The van der Waals surface area contributed by atoms with E-state index in [1.54, 1.807) is 0 Å². The lowest BCUT2D eigenvalue weighted by molar-refractivity contribution is 0.267. The van der Waals surface area contributed by atoms with Crippen LogP contribution in [0.5, 0.6) is 0 Å². The monoisotopic (exact) mass is 329 g/mol. The number of nitrogens with zero attached hydrogens (tertiary/aromatic N) is 4. The maximum Gasteiger partial charge on any atom is 0.128 e. The number of pyridine rings is 1. The fraction of sp³-hybridized carbons (Fsp3) is 0.556. The van der Waals surface area contributed by atoms with Crippen molar-refractivity contribution >= 4 is 5.82 Å². The van der Waals surface area contributed by atoms with Crippen molar-refractivity contribution in [3.8, 4) is 0 Å². The Hall–Kier alpha value is -1.92. The average molecular weight is 329 g/mol. The Balaban J connectivity index is 1.54. The van der Waals surface area contributed by atoms with Crippen LogP contribution in [0.2, 0.25) is 0 Å². The van der Waals surface area contributed by atoms with Crippen molar-refractivity contribution < 1.29 is 5.11 Å². The molecule has 3 rings (SSSR count). The topological polar surface area (TPSA) is 66.2 Å². The van der Waals surface area contributed by atoms with Crippen LogP contribution in [-0.4, -0.2) is 39.6 Å². The third kappa shape index (κ3) is 3.76. The van der Waals surface area contributed by atoms with Gasteiger partial charge in [0.05, 0.1) is 18.8 Å². The van der Waals surface area contributed by atoms with Crippen LogP contribution in [-0.2, 0) is 19.6 Å². The molecule has 2 aromatic rings. The van der Waals surface area contributed by atoms with E-state index in [0.717, 1.165) is 43.4 Å². The Morgan fingerprint density at radius 3 is 2.62 bits per heavy atom. The molecule has 0 unspecified atom stereocenters. The molecule has 0 radical (unpaired) electrons. The van der Waals surface area contributed by atoms with Crippen molar-refractivity contribution in [2.45, 2.75) is 46.3 Å². The summed E-state index contributed by atoms with van der Waals surface area (Å²) in [5.41, 5.74) is 4.55. The summed E-state index contributed by atoms with van der Waals surface area (Å²) in [5, 5.41) is 17.0.